The van der Waals surface area contributed by atoms with Gasteiger partial charge in [0.1, 0.15) is 0 Å². The Morgan fingerprint density at radius 1 is 0.577 bits per heavy atom. The van der Waals surface area contributed by atoms with Crippen molar-refractivity contribution < 1.29 is 20.1 Å². The first-order valence-electron chi connectivity index (χ1n) is 17.9. The summed E-state index contributed by atoms with van der Waals surface area (Å²) in [6.07, 6.45) is 3.84. The van der Waals surface area contributed by atoms with Crippen LogP contribution in [0.3, 0.4) is 0 Å². The van der Waals surface area contributed by atoms with E-state index < -0.39 is 0 Å². The molecule has 0 amide bonds. The molecule has 2 nitrogen and oxygen atoms in total. The molecule has 0 saturated carbocycles. The van der Waals surface area contributed by atoms with Crippen LogP contribution in [-0.4, -0.2) is 9.97 Å². The molecule has 0 atom stereocenters. The second-order valence-corrected chi connectivity index (χ2v) is 16.2. The number of aromatic nitrogens is 2. The van der Waals surface area contributed by atoms with Gasteiger partial charge < -0.3 is 9.97 Å². The van der Waals surface area contributed by atoms with Gasteiger partial charge in [-0.15, -0.1) is 70.8 Å². The van der Waals surface area contributed by atoms with Crippen LogP contribution in [0.2, 0.25) is 0 Å². The molecule has 0 aliphatic heterocycles. The Hall–Kier alpha value is -4.69. The van der Waals surface area contributed by atoms with Gasteiger partial charge in [0, 0.05) is 37.9 Å². The Kier molecular flexibility index (Phi) is 10.3. The number of fused-ring (bicyclic) bond motifs is 5. The maximum absolute atomic E-state index is 4.87. The second-order valence-electron chi connectivity index (χ2n) is 16.2. The van der Waals surface area contributed by atoms with E-state index in [9.17, 15) is 0 Å². The summed E-state index contributed by atoms with van der Waals surface area (Å²) < 4.78 is 0. The first kappa shape index (κ1) is 37.1. The number of hydrogen-bond acceptors (Lipinski definition) is 2. The van der Waals surface area contributed by atoms with Gasteiger partial charge in [-0.3, -0.25) is 0 Å². The maximum Gasteiger partial charge on any atom is 0.0167 e. The Balaban J connectivity index is 0.000000182. The minimum absolute atomic E-state index is 0. The predicted molar refractivity (Wildman–Crippen MR) is 215 cm³/mol. The van der Waals surface area contributed by atoms with Gasteiger partial charge in [0.25, 0.3) is 0 Å². The summed E-state index contributed by atoms with van der Waals surface area (Å²) in [6.45, 7) is 18.1. The molecule has 52 heavy (non-hydrogen) atoms. The predicted octanol–water partition coefficient (Wildman–Crippen LogP) is 12.8. The fourth-order valence-electron chi connectivity index (χ4n) is 7.26. The quantitative estimate of drug-likeness (QED) is 0.166. The third kappa shape index (κ3) is 7.18. The van der Waals surface area contributed by atoms with E-state index in [2.05, 4.69) is 176 Å². The topological polar surface area (TPSA) is 25.8 Å². The summed E-state index contributed by atoms with van der Waals surface area (Å²) in [6, 6.07) is 49.6. The van der Waals surface area contributed by atoms with Crippen molar-refractivity contribution in [3.63, 3.8) is 0 Å². The zero-order valence-electron chi connectivity index (χ0n) is 31.4. The van der Waals surface area contributed by atoms with Gasteiger partial charge in [-0.25, -0.2) is 0 Å². The zero-order valence-corrected chi connectivity index (χ0v) is 33.8. The molecule has 8 rings (SSSR count). The van der Waals surface area contributed by atoms with Crippen molar-refractivity contribution in [2.75, 3.05) is 0 Å². The third-order valence-corrected chi connectivity index (χ3v) is 10.2. The summed E-state index contributed by atoms with van der Waals surface area (Å²) in [5.41, 5.74) is 14.6. The average molecular weight is 855 g/mol. The van der Waals surface area contributed by atoms with Crippen LogP contribution in [0.25, 0.3) is 55.5 Å². The van der Waals surface area contributed by atoms with Gasteiger partial charge >= 0.3 is 0 Å². The fraction of sp³-hybridized carbons (Fsp3) is 0.224. The van der Waals surface area contributed by atoms with Gasteiger partial charge in [0.05, 0.1) is 0 Å². The van der Waals surface area contributed by atoms with Crippen molar-refractivity contribution in [1.82, 2.24) is 9.97 Å². The molecule has 2 heterocycles. The molecule has 2 aromatic heterocycles. The number of nitrogens with zero attached hydrogens (tertiary/aromatic N) is 2. The Labute approximate surface area is 323 Å². The minimum Gasteiger partial charge on any atom is -0.305 e. The molecule has 0 fully saturated rings. The Bertz CT molecular complexity index is 2360. The van der Waals surface area contributed by atoms with Crippen molar-refractivity contribution in [1.29, 1.82) is 0 Å². The van der Waals surface area contributed by atoms with Crippen molar-refractivity contribution in [3.8, 4) is 44.8 Å². The van der Waals surface area contributed by atoms with Crippen molar-refractivity contribution in [3.05, 3.63) is 168 Å². The first-order valence-corrected chi connectivity index (χ1v) is 17.9. The molecule has 0 bridgehead atoms. The molecule has 1 aliphatic carbocycles. The average Bonchev–Trinajstić information content (AvgIpc) is 3.38. The van der Waals surface area contributed by atoms with Crippen LogP contribution in [0.1, 0.15) is 77.6 Å². The van der Waals surface area contributed by atoms with Gasteiger partial charge in [-0.2, -0.15) is 0 Å². The summed E-state index contributed by atoms with van der Waals surface area (Å²) in [5.74, 6) is 0. The van der Waals surface area contributed by atoms with Crippen LogP contribution in [0.4, 0.5) is 0 Å². The number of rotatable bonds is 3. The van der Waals surface area contributed by atoms with E-state index in [1.54, 1.807) is 0 Å². The van der Waals surface area contributed by atoms with Crippen molar-refractivity contribution in [2.45, 2.75) is 71.6 Å². The van der Waals surface area contributed by atoms with Crippen LogP contribution in [0, 0.1) is 12.1 Å². The molecule has 263 valence electrons. The Morgan fingerprint density at radius 2 is 1.23 bits per heavy atom. The first-order chi connectivity index (χ1) is 24.3. The SMILES string of the molecule is CC(C)(C)c1cc[c-]c(-c2nccc3c2C(C)(C)c2ccc4ccccc4c2-3)c1.CC(C)(C)c1ccnc(-c2[c-]ccc(-c3ccccc3)c2)c1.[Ir]. The van der Waals surface area contributed by atoms with Crippen LogP contribution < -0.4 is 0 Å². The molecule has 0 unspecified atom stereocenters. The van der Waals surface area contributed by atoms with E-state index in [0.29, 0.717) is 0 Å². The maximum atomic E-state index is 4.87. The summed E-state index contributed by atoms with van der Waals surface area (Å²) in [5, 5.41) is 2.61. The van der Waals surface area contributed by atoms with Crippen LogP contribution in [0.5, 0.6) is 0 Å². The summed E-state index contributed by atoms with van der Waals surface area (Å²) >= 11 is 0. The summed E-state index contributed by atoms with van der Waals surface area (Å²) in [7, 11) is 0. The van der Waals surface area contributed by atoms with E-state index in [4.69, 9.17) is 4.98 Å². The fourth-order valence-corrected chi connectivity index (χ4v) is 7.26. The van der Waals surface area contributed by atoms with Crippen LogP contribution in [-0.2, 0) is 36.4 Å². The van der Waals surface area contributed by atoms with E-state index >= 15 is 0 Å². The largest absolute Gasteiger partial charge is 0.305 e. The smallest absolute Gasteiger partial charge is 0.0167 e. The Morgan fingerprint density at radius 3 is 1.98 bits per heavy atom. The second kappa shape index (κ2) is 14.4. The van der Waals surface area contributed by atoms with E-state index in [1.165, 1.54) is 55.3 Å². The van der Waals surface area contributed by atoms with E-state index in [-0.39, 0.29) is 36.4 Å². The van der Waals surface area contributed by atoms with E-state index in [1.807, 2.05) is 30.6 Å². The number of hydrogen-bond donors (Lipinski definition) is 0. The third-order valence-electron chi connectivity index (χ3n) is 10.2. The molecule has 0 saturated heterocycles. The van der Waals surface area contributed by atoms with Gasteiger partial charge in [-0.05, 0) is 78.5 Å². The molecule has 1 aliphatic rings. The van der Waals surface area contributed by atoms with E-state index in [0.717, 1.165) is 22.5 Å². The number of pyridine rings is 2. The molecule has 1 radical (unpaired) electrons. The minimum atomic E-state index is -0.107. The van der Waals surface area contributed by atoms with Gasteiger partial charge in [0.15, 0.2) is 0 Å². The molecule has 0 N–H and O–H groups in total. The molecular formula is C49H46IrN2-2. The molecule has 5 aromatic carbocycles. The monoisotopic (exact) mass is 855 g/mol. The van der Waals surface area contributed by atoms with Crippen molar-refractivity contribution in [2.24, 2.45) is 0 Å². The molecule has 7 aromatic rings. The normalized spacial score (nSPS) is 13.0. The standard InChI is InChI=1S/C28H26N.C21H20N.Ir/c1-27(2,3)20-11-8-10-19(17-20)26-25-22(15-16-29-26)24-21-12-7-6-9-18(21)13-14-23(24)28(25,4)5;1-21(2,3)19-12-13-22-20(15-19)18-11-7-10-17(14-18)16-8-5-4-6-9-16;/h6-9,11-17H,1-5H3;4-10,12-15H,1-3H3;/q2*-1;. The van der Waals surface area contributed by atoms with Gasteiger partial charge in [0.2, 0.25) is 0 Å². The molecular weight excluding hydrogens is 809 g/mol. The molecule has 3 heteroatoms. The zero-order chi connectivity index (χ0) is 36.0. The number of benzene rings is 5. The molecule has 0 spiro atoms. The van der Waals surface area contributed by atoms with Crippen LogP contribution in [0.15, 0.2) is 134 Å². The van der Waals surface area contributed by atoms with Crippen LogP contribution >= 0.6 is 0 Å². The van der Waals surface area contributed by atoms with Crippen molar-refractivity contribution >= 4 is 10.8 Å². The van der Waals surface area contributed by atoms with Gasteiger partial charge in [-0.1, -0.05) is 128 Å². The summed E-state index contributed by atoms with van der Waals surface area (Å²) in [4.78, 5) is 9.40.